The van der Waals surface area contributed by atoms with Gasteiger partial charge in [0.05, 0.1) is 35.6 Å². The molecule has 1 unspecified atom stereocenters. The van der Waals surface area contributed by atoms with Crippen LogP contribution < -0.4 is 10.5 Å². The normalized spacial score (nSPS) is 28.2. The summed E-state index contributed by atoms with van der Waals surface area (Å²) < 4.78 is 47.3. The number of Topliss-reactive ketones (excluding diaryl/α,β-unsaturated/α-hetero) is 1. The summed E-state index contributed by atoms with van der Waals surface area (Å²) in [6.45, 7) is 19.4. The van der Waals surface area contributed by atoms with Crippen LogP contribution in [0.5, 0.6) is 0 Å². The zero-order valence-electron chi connectivity index (χ0n) is 46.6. The van der Waals surface area contributed by atoms with E-state index in [0.29, 0.717) is 34.1 Å². The highest BCUT2D eigenvalue weighted by Gasteiger charge is 2.79. The fraction of sp³-hybridized carbons (Fsp3) is 0.500. The van der Waals surface area contributed by atoms with Crippen molar-refractivity contribution in [1.29, 1.82) is 0 Å². The van der Waals surface area contributed by atoms with Gasteiger partial charge in [-0.25, -0.2) is 9.59 Å². The van der Waals surface area contributed by atoms with Crippen molar-refractivity contribution in [2.24, 2.45) is 16.7 Å². The number of hydrogen-bond donors (Lipinski definition) is 2. The highest BCUT2D eigenvalue weighted by atomic mass is 32.1. The molecule has 2 bridgehead atoms. The highest BCUT2D eigenvalue weighted by molar-refractivity contribution is 7.10. The van der Waals surface area contributed by atoms with E-state index in [1.807, 2.05) is 81.7 Å². The molecule has 4 aliphatic rings. The SMILES string of the molecule is CCC(=O)O[C@H]1C(=O)[C@@]2(C)C([C@H](OC(=O)c3ccccc3)[C@]3(O)C[C@H](OC(=O)[C@H](O[Si](CC)(CC)CC)[C@@H](NC(=O)c4ccccc4)c4cccs4)C(C)=C1C3(C)C)[C@]1(OC(C)=O)CO[C@@H]1C[C@H]2O[Si](C)(C)c1ccccc1. The van der Waals surface area contributed by atoms with E-state index in [4.69, 9.17) is 32.5 Å². The molecule has 1 aliphatic heterocycles. The van der Waals surface area contributed by atoms with Crippen molar-refractivity contribution in [3.8, 4) is 0 Å². The van der Waals surface area contributed by atoms with E-state index >= 15 is 9.59 Å². The van der Waals surface area contributed by atoms with Gasteiger partial charge in [-0.05, 0) is 97.1 Å². The first-order chi connectivity index (χ1) is 37.0. The number of ketones is 1. The average molecular weight is 1120 g/mol. The molecule has 0 spiro atoms. The Labute approximate surface area is 464 Å². The van der Waals surface area contributed by atoms with Crippen LogP contribution in [0.4, 0.5) is 0 Å². The quantitative estimate of drug-likeness (QED) is 0.0390. The molecule has 78 heavy (non-hydrogen) atoms. The van der Waals surface area contributed by atoms with Crippen LogP contribution in [0, 0.1) is 16.7 Å². The summed E-state index contributed by atoms with van der Waals surface area (Å²) in [5.74, 6) is -5.71. The average Bonchev–Trinajstić information content (AvgIpc) is 3.92. The summed E-state index contributed by atoms with van der Waals surface area (Å²) in [5, 5.41) is 20.4. The topological polar surface area (TPSA) is 199 Å². The first kappa shape index (κ1) is 58.5. The van der Waals surface area contributed by atoms with Crippen molar-refractivity contribution >= 4 is 68.7 Å². The Morgan fingerprint density at radius 2 is 1.42 bits per heavy atom. The van der Waals surface area contributed by atoms with Crippen molar-refractivity contribution < 1.29 is 66.4 Å². The largest absolute Gasteiger partial charge is 0.456 e. The van der Waals surface area contributed by atoms with Gasteiger partial charge in [0.25, 0.3) is 5.91 Å². The maximum absolute atomic E-state index is 16.8. The summed E-state index contributed by atoms with van der Waals surface area (Å²) in [7, 11) is -5.76. The van der Waals surface area contributed by atoms with E-state index in [1.54, 1.807) is 95.3 Å². The van der Waals surface area contributed by atoms with Gasteiger partial charge in [-0.3, -0.25) is 19.2 Å². The van der Waals surface area contributed by atoms with Gasteiger partial charge in [-0.15, -0.1) is 11.3 Å². The fourth-order valence-electron chi connectivity index (χ4n) is 12.8. The van der Waals surface area contributed by atoms with E-state index in [0.717, 1.165) is 5.19 Å². The first-order valence-corrected chi connectivity index (χ1v) is 33.5. The molecule has 2 heterocycles. The molecule has 1 amide bonds. The Morgan fingerprint density at radius 3 is 1.96 bits per heavy atom. The molecule has 18 heteroatoms. The highest BCUT2D eigenvalue weighted by Crippen LogP contribution is 2.65. The maximum atomic E-state index is 16.8. The molecule has 2 saturated carbocycles. The monoisotopic (exact) mass is 1120 g/mol. The lowest BCUT2D eigenvalue weighted by molar-refractivity contribution is -0.344. The molecule has 3 aromatic carbocycles. The Balaban J connectivity index is 1.36. The molecule has 3 fully saturated rings. The number of esters is 4. The van der Waals surface area contributed by atoms with E-state index < -0.39 is 129 Å². The molecule has 418 valence electrons. The summed E-state index contributed by atoms with van der Waals surface area (Å²) in [4.78, 5) is 89.9. The Kier molecular flexibility index (Phi) is 17.2. The van der Waals surface area contributed by atoms with Gasteiger partial charge in [0, 0.05) is 42.0 Å². The molecule has 0 radical (unpaired) electrons. The van der Waals surface area contributed by atoms with Gasteiger partial charge >= 0.3 is 23.9 Å². The number of thiophene rings is 1. The minimum Gasteiger partial charge on any atom is -0.456 e. The van der Waals surface area contributed by atoms with E-state index in [-0.39, 0.29) is 30.6 Å². The van der Waals surface area contributed by atoms with Crippen molar-refractivity contribution in [3.63, 3.8) is 0 Å². The van der Waals surface area contributed by atoms with Gasteiger partial charge in [0.15, 0.2) is 31.9 Å². The van der Waals surface area contributed by atoms with E-state index in [2.05, 4.69) is 5.32 Å². The number of carbonyl (C=O) groups excluding carboxylic acids is 6. The number of ether oxygens (including phenoxy) is 5. The van der Waals surface area contributed by atoms with Crippen molar-refractivity contribution in [2.75, 3.05) is 6.61 Å². The summed E-state index contributed by atoms with van der Waals surface area (Å²) in [5.41, 5.74) is -6.65. The number of nitrogens with one attached hydrogen (secondary N) is 1. The second-order valence-corrected chi connectivity index (χ2v) is 32.0. The predicted octanol–water partition coefficient (Wildman–Crippen LogP) is 9.35. The van der Waals surface area contributed by atoms with Crippen LogP contribution in [-0.2, 0) is 51.7 Å². The van der Waals surface area contributed by atoms with Gasteiger partial charge in [-0.2, -0.15) is 0 Å². The smallest absolute Gasteiger partial charge is 0.338 e. The van der Waals surface area contributed by atoms with Crippen LogP contribution >= 0.6 is 11.3 Å². The van der Waals surface area contributed by atoms with Crippen LogP contribution in [0.1, 0.15) is 113 Å². The minimum atomic E-state index is -3.01. The first-order valence-electron chi connectivity index (χ1n) is 27.2. The Morgan fingerprint density at radius 1 is 0.821 bits per heavy atom. The lowest BCUT2D eigenvalue weighted by Gasteiger charge is -2.68. The third-order valence-electron chi connectivity index (χ3n) is 17.6. The number of fused-ring (bicyclic) bond motifs is 5. The molecule has 3 aliphatic carbocycles. The lowest BCUT2D eigenvalue weighted by atomic mass is 9.44. The second kappa shape index (κ2) is 22.9. The third-order valence-corrected chi connectivity index (χ3v) is 25.8. The van der Waals surface area contributed by atoms with Crippen LogP contribution in [0.15, 0.2) is 120 Å². The standard InChI is InChI=1S/C60H75NO14SSi2/c1-12-46(63)71-49-47-37(5)42(70-56(67)50(75-78(13-2,14-3)15-4)48(43-32-25-33-76-43)61-54(65)39-26-19-16-20-27-39)35-60(68,57(47,7)8)53(72-55(66)40-28-21-17-22-29-40)51-58(9,52(49)64)44(34-45-59(51,36-69-45)73-38(6)62)74-77(10,11)41-30-23-18-24-31-41/h16-33,42,44-45,48-51,53,68H,12-15,34-36H2,1-11H3,(H,61,65)/t42-,44+,45+,48-,49+,50+,51?,53-,58+,59-,60+/m0/s1. The zero-order chi connectivity index (χ0) is 56.6. The van der Waals surface area contributed by atoms with Crippen LogP contribution in [-0.4, -0.2) is 112 Å². The predicted molar refractivity (Wildman–Crippen MR) is 299 cm³/mol. The number of carbonyl (C=O) groups is 6. The van der Waals surface area contributed by atoms with Crippen molar-refractivity contribution in [2.45, 2.75) is 167 Å². The molecule has 11 atom stereocenters. The van der Waals surface area contributed by atoms with Gasteiger partial charge in [0.1, 0.15) is 23.9 Å². The number of rotatable bonds is 19. The molecule has 8 rings (SSSR count). The number of hydrogen-bond acceptors (Lipinski definition) is 15. The summed E-state index contributed by atoms with van der Waals surface area (Å²) in [6, 6.07) is 31.0. The number of benzene rings is 3. The molecule has 4 aromatic rings. The Bertz CT molecular complexity index is 2870. The molecule has 2 N–H and O–H groups in total. The number of aliphatic hydroxyl groups is 1. The van der Waals surface area contributed by atoms with Crippen LogP contribution in [0.3, 0.4) is 0 Å². The number of amides is 1. The van der Waals surface area contributed by atoms with Crippen molar-refractivity contribution in [3.05, 3.63) is 136 Å². The van der Waals surface area contributed by atoms with E-state index in [9.17, 15) is 24.3 Å². The van der Waals surface area contributed by atoms with Gasteiger partial charge < -0.3 is 43.0 Å². The molecule has 1 aromatic heterocycles. The van der Waals surface area contributed by atoms with E-state index in [1.165, 1.54) is 18.3 Å². The Hall–Kier alpha value is -5.61. The lowest BCUT2D eigenvalue weighted by Crippen LogP contribution is -2.82. The molecular weight excluding hydrogens is 1050 g/mol. The van der Waals surface area contributed by atoms with Gasteiger partial charge in [-0.1, -0.05) is 114 Å². The van der Waals surface area contributed by atoms with Gasteiger partial charge in [0.2, 0.25) is 8.32 Å². The molecular formula is C60H75NO14SSi2. The summed E-state index contributed by atoms with van der Waals surface area (Å²) >= 11 is 1.34. The molecule has 1 saturated heterocycles. The van der Waals surface area contributed by atoms with Crippen LogP contribution in [0.2, 0.25) is 31.2 Å². The fourth-order valence-corrected chi connectivity index (χ4v) is 18.5. The maximum Gasteiger partial charge on any atom is 0.338 e. The molecule has 15 nitrogen and oxygen atoms in total. The minimum absolute atomic E-state index is 0.0366. The summed E-state index contributed by atoms with van der Waals surface area (Å²) in [6.07, 6.45) is -8.84. The third kappa shape index (κ3) is 10.5. The zero-order valence-corrected chi connectivity index (χ0v) is 49.4. The van der Waals surface area contributed by atoms with Crippen molar-refractivity contribution in [1.82, 2.24) is 5.32 Å². The second-order valence-electron chi connectivity index (χ2n) is 22.5. The van der Waals surface area contributed by atoms with Crippen LogP contribution in [0.25, 0.3) is 0 Å².